The summed E-state index contributed by atoms with van der Waals surface area (Å²) in [6.07, 6.45) is 1.75. The van der Waals surface area contributed by atoms with Gasteiger partial charge in [-0.3, -0.25) is 4.99 Å². The smallest absolute Gasteiger partial charge is 0.337 e. The molecule has 0 aromatic heterocycles. The molecule has 2 rings (SSSR count). The summed E-state index contributed by atoms with van der Waals surface area (Å²) in [6, 6.07) is 14.8. The van der Waals surface area contributed by atoms with Crippen molar-refractivity contribution in [2.24, 2.45) is 4.99 Å². The van der Waals surface area contributed by atoms with Gasteiger partial charge in [-0.25, -0.2) is 4.79 Å². The summed E-state index contributed by atoms with van der Waals surface area (Å²) in [7, 11) is 1.37. The first-order chi connectivity index (χ1) is 9.19. The Bertz CT molecular complexity index is 589. The number of nitrogens with zero attached hydrogens (tertiary/aromatic N) is 1. The third kappa shape index (κ3) is 3.76. The van der Waals surface area contributed by atoms with E-state index >= 15 is 0 Å². The molecular weight excluding hydrogens is 306 g/mol. The zero-order chi connectivity index (χ0) is 13.7. The quantitative estimate of drug-likeness (QED) is 0.634. The number of ether oxygens (including phenoxy) is 1. The second-order valence-corrected chi connectivity index (χ2v) is 4.76. The van der Waals surface area contributed by atoms with Crippen LogP contribution < -0.4 is 0 Å². The molecule has 0 radical (unpaired) electrons. The van der Waals surface area contributed by atoms with Crippen molar-refractivity contribution in [2.75, 3.05) is 7.11 Å². The highest BCUT2D eigenvalue weighted by Crippen LogP contribution is 2.16. The molecule has 0 N–H and O–H groups in total. The fraction of sp³-hybridized carbons (Fsp3) is 0.0667. The van der Waals surface area contributed by atoms with Crippen molar-refractivity contribution in [1.82, 2.24) is 0 Å². The van der Waals surface area contributed by atoms with Gasteiger partial charge in [0.05, 0.1) is 18.4 Å². The van der Waals surface area contributed by atoms with Crippen molar-refractivity contribution in [3.63, 3.8) is 0 Å². The Hall–Kier alpha value is -1.94. The second kappa shape index (κ2) is 6.29. The number of esters is 1. The molecule has 0 fully saturated rings. The number of carbonyl (C=O) groups excluding carboxylic acids is 1. The number of methoxy groups -OCH3 is 1. The van der Waals surface area contributed by atoms with Gasteiger partial charge in [-0.05, 0) is 42.0 Å². The third-order valence-electron chi connectivity index (χ3n) is 2.52. The number of hydrogen-bond donors (Lipinski definition) is 0. The molecule has 4 heteroatoms. The molecule has 0 aliphatic carbocycles. The van der Waals surface area contributed by atoms with E-state index in [9.17, 15) is 4.79 Å². The van der Waals surface area contributed by atoms with Crippen LogP contribution in [0, 0.1) is 0 Å². The Morgan fingerprint density at radius 3 is 2.32 bits per heavy atom. The van der Waals surface area contributed by atoms with Crippen LogP contribution in [-0.4, -0.2) is 19.3 Å². The van der Waals surface area contributed by atoms with E-state index < -0.39 is 0 Å². The Morgan fingerprint density at radius 2 is 1.74 bits per heavy atom. The van der Waals surface area contributed by atoms with Crippen LogP contribution in [0.5, 0.6) is 0 Å². The molecule has 0 aliphatic rings. The molecule has 0 spiro atoms. The molecule has 0 unspecified atom stereocenters. The predicted molar refractivity (Wildman–Crippen MR) is 79.2 cm³/mol. The summed E-state index contributed by atoms with van der Waals surface area (Å²) < 4.78 is 5.66. The van der Waals surface area contributed by atoms with Crippen LogP contribution in [0.1, 0.15) is 15.9 Å². The molecular formula is C15H12BrNO2. The standard InChI is InChI=1S/C15H12BrNO2/c1-19-15(18)12-4-2-11(3-5-12)10-17-14-8-6-13(16)7-9-14/h2-10H,1H3. The molecule has 3 nitrogen and oxygen atoms in total. The van der Waals surface area contributed by atoms with Crippen LogP contribution in [0.25, 0.3) is 0 Å². The molecule has 0 saturated carbocycles. The molecule has 19 heavy (non-hydrogen) atoms. The summed E-state index contributed by atoms with van der Waals surface area (Å²) in [5.41, 5.74) is 2.33. The Morgan fingerprint density at radius 1 is 1.11 bits per heavy atom. The van der Waals surface area contributed by atoms with E-state index in [0.717, 1.165) is 15.7 Å². The van der Waals surface area contributed by atoms with Gasteiger partial charge in [-0.2, -0.15) is 0 Å². The van der Waals surface area contributed by atoms with Crippen molar-refractivity contribution in [2.45, 2.75) is 0 Å². The van der Waals surface area contributed by atoms with Gasteiger partial charge in [-0.15, -0.1) is 0 Å². The largest absolute Gasteiger partial charge is 0.465 e. The van der Waals surface area contributed by atoms with Crippen LogP contribution >= 0.6 is 15.9 Å². The molecule has 0 heterocycles. The highest BCUT2D eigenvalue weighted by molar-refractivity contribution is 9.10. The van der Waals surface area contributed by atoms with Crippen molar-refractivity contribution in [3.8, 4) is 0 Å². The number of hydrogen-bond acceptors (Lipinski definition) is 3. The van der Waals surface area contributed by atoms with E-state index in [1.807, 2.05) is 36.4 Å². The maximum absolute atomic E-state index is 11.3. The van der Waals surface area contributed by atoms with Gasteiger partial charge in [0.1, 0.15) is 0 Å². The number of carbonyl (C=O) groups is 1. The molecule has 96 valence electrons. The fourth-order valence-electron chi connectivity index (χ4n) is 1.50. The number of benzene rings is 2. The number of halogens is 1. The Balaban J connectivity index is 2.11. The second-order valence-electron chi connectivity index (χ2n) is 3.85. The van der Waals surface area contributed by atoms with E-state index in [2.05, 4.69) is 25.7 Å². The molecule has 0 aliphatic heterocycles. The molecule has 2 aromatic carbocycles. The van der Waals surface area contributed by atoms with Crippen molar-refractivity contribution >= 4 is 33.8 Å². The monoisotopic (exact) mass is 317 g/mol. The Labute approximate surface area is 120 Å². The highest BCUT2D eigenvalue weighted by atomic mass is 79.9. The van der Waals surface area contributed by atoms with Gasteiger partial charge in [0.2, 0.25) is 0 Å². The lowest BCUT2D eigenvalue weighted by molar-refractivity contribution is 0.0601. The van der Waals surface area contributed by atoms with Crippen LogP contribution in [0.4, 0.5) is 5.69 Å². The van der Waals surface area contributed by atoms with E-state index in [4.69, 9.17) is 0 Å². The minimum Gasteiger partial charge on any atom is -0.465 e. The zero-order valence-electron chi connectivity index (χ0n) is 10.3. The van der Waals surface area contributed by atoms with Gasteiger partial charge in [0.25, 0.3) is 0 Å². The number of aliphatic imine (C=N–C) groups is 1. The average Bonchev–Trinajstić information content (AvgIpc) is 2.46. The summed E-state index contributed by atoms with van der Waals surface area (Å²) in [5.74, 6) is -0.337. The summed E-state index contributed by atoms with van der Waals surface area (Å²) in [6.45, 7) is 0. The van der Waals surface area contributed by atoms with Crippen LogP contribution in [0.3, 0.4) is 0 Å². The van der Waals surface area contributed by atoms with Crippen molar-refractivity contribution in [3.05, 3.63) is 64.1 Å². The molecule has 0 bridgehead atoms. The first kappa shape index (κ1) is 13.5. The first-order valence-corrected chi connectivity index (χ1v) is 6.46. The normalized spacial score (nSPS) is 10.6. The van der Waals surface area contributed by atoms with Gasteiger partial charge >= 0.3 is 5.97 Å². The van der Waals surface area contributed by atoms with E-state index in [1.54, 1.807) is 18.3 Å². The SMILES string of the molecule is COC(=O)c1ccc(C=Nc2ccc(Br)cc2)cc1. The molecule has 2 aromatic rings. The first-order valence-electron chi connectivity index (χ1n) is 5.67. The Kier molecular flexibility index (Phi) is 4.47. The minimum atomic E-state index is -0.337. The summed E-state index contributed by atoms with van der Waals surface area (Å²) >= 11 is 3.37. The predicted octanol–water partition coefficient (Wildman–Crippen LogP) is 3.99. The van der Waals surface area contributed by atoms with Crippen LogP contribution in [0.2, 0.25) is 0 Å². The fourth-order valence-corrected chi connectivity index (χ4v) is 1.76. The maximum atomic E-state index is 11.3. The van der Waals surface area contributed by atoms with Gasteiger partial charge in [0.15, 0.2) is 0 Å². The maximum Gasteiger partial charge on any atom is 0.337 e. The molecule has 0 atom stereocenters. The van der Waals surface area contributed by atoms with E-state index in [-0.39, 0.29) is 5.97 Å². The molecule has 0 amide bonds. The van der Waals surface area contributed by atoms with Crippen LogP contribution in [-0.2, 0) is 4.74 Å². The minimum absolute atomic E-state index is 0.337. The number of rotatable bonds is 3. The lowest BCUT2D eigenvalue weighted by Gasteiger charge is -1.99. The van der Waals surface area contributed by atoms with Gasteiger partial charge in [-0.1, -0.05) is 28.1 Å². The van der Waals surface area contributed by atoms with E-state index in [1.165, 1.54) is 7.11 Å². The lowest BCUT2D eigenvalue weighted by atomic mass is 10.1. The van der Waals surface area contributed by atoms with Gasteiger partial charge in [0, 0.05) is 10.7 Å². The highest BCUT2D eigenvalue weighted by Gasteiger charge is 2.03. The van der Waals surface area contributed by atoms with E-state index in [0.29, 0.717) is 5.56 Å². The molecule has 0 saturated heterocycles. The van der Waals surface area contributed by atoms with Crippen molar-refractivity contribution in [1.29, 1.82) is 0 Å². The zero-order valence-corrected chi connectivity index (χ0v) is 11.9. The summed E-state index contributed by atoms with van der Waals surface area (Å²) in [5, 5.41) is 0. The topological polar surface area (TPSA) is 38.7 Å². The average molecular weight is 318 g/mol. The van der Waals surface area contributed by atoms with Crippen LogP contribution in [0.15, 0.2) is 58.0 Å². The third-order valence-corrected chi connectivity index (χ3v) is 3.05. The summed E-state index contributed by atoms with van der Waals surface area (Å²) in [4.78, 5) is 15.6. The lowest BCUT2D eigenvalue weighted by Crippen LogP contribution is -2.00. The van der Waals surface area contributed by atoms with Crippen molar-refractivity contribution < 1.29 is 9.53 Å². The van der Waals surface area contributed by atoms with Gasteiger partial charge < -0.3 is 4.74 Å².